The van der Waals surface area contributed by atoms with Crippen molar-refractivity contribution in [3.8, 4) is 17.1 Å². The highest BCUT2D eigenvalue weighted by molar-refractivity contribution is 7.98. The van der Waals surface area contributed by atoms with Crippen LogP contribution >= 0.6 is 11.8 Å². The number of nitrogen functional groups attached to an aromatic ring is 1. The monoisotopic (exact) mass is 313 g/mol. The molecule has 2 N–H and O–H groups in total. The summed E-state index contributed by atoms with van der Waals surface area (Å²) < 4.78 is 41.4. The summed E-state index contributed by atoms with van der Waals surface area (Å²) in [7, 11) is 0. The van der Waals surface area contributed by atoms with Crippen LogP contribution in [0.3, 0.4) is 0 Å². The summed E-state index contributed by atoms with van der Waals surface area (Å²) in [5.74, 6) is 1.52. The lowest BCUT2D eigenvalue weighted by molar-refractivity contribution is -0.274. The number of thioether (sulfide) groups is 1. The highest BCUT2D eigenvalue weighted by Crippen LogP contribution is 2.36. The molecule has 0 saturated carbocycles. The Hall–Kier alpha value is -1.96. The number of hydrogen-bond donors (Lipinski definition) is 1. The molecule has 0 unspecified atom stereocenters. The molecule has 1 aliphatic heterocycles. The zero-order chi connectivity index (χ0) is 15.0. The third-order valence-electron chi connectivity index (χ3n) is 2.96. The van der Waals surface area contributed by atoms with Gasteiger partial charge >= 0.3 is 6.36 Å². The van der Waals surface area contributed by atoms with Crippen molar-refractivity contribution >= 4 is 17.6 Å². The van der Waals surface area contributed by atoms with Crippen LogP contribution in [-0.2, 0) is 11.5 Å². The van der Waals surface area contributed by atoms with Gasteiger partial charge in [0.05, 0.1) is 11.3 Å². The largest absolute Gasteiger partial charge is 0.573 e. The number of alkyl halides is 3. The van der Waals surface area contributed by atoms with Gasteiger partial charge in [-0.3, -0.25) is 0 Å². The zero-order valence-corrected chi connectivity index (χ0v) is 11.5. The molecule has 0 bridgehead atoms. The number of aromatic nitrogens is 2. The molecule has 0 saturated heterocycles. The summed E-state index contributed by atoms with van der Waals surface area (Å²) in [6, 6.07) is 5.76. The summed E-state index contributed by atoms with van der Waals surface area (Å²) in [6.45, 7) is 0. The Morgan fingerprint density at radius 3 is 2.67 bits per heavy atom. The predicted molar refractivity (Wildman–Crippen MR) is 73.6 cm³/mol. The van der Waals surface area contributed by atoms with E-state index in [1.54, 1.807) is 17.8 Å². The molecule has 2 heterocycles. The standard InChI is InChI=1S/C13H10F3N3OS/c14-13(15,16)20-10-4-2-1-3-7(10)12-18-9-6-21-5-8(9)11(17)19-12/h1-4H,5-6H2,(H2,17,18,19). The van der Waals surface area contributed by atoms with E-state index in [0.29, 0.717) is 11.6 Å². The summed E-state index contributed by atoms with van der Waals surface area (Å²) in [5.41, 5.74) is 7.65. The molecule has 4 nitrogen and oxygen atoms in total. The Morgan fingerprint density at radius 1 is 1.14 bits per heavy atom. The molecule has 8 heteroatoms. The van der Waals surface area contributed by atoms with E-state index in [2.05, 4.69) is 14.7 Å². The maximum Gasteiger partial charge on any atom is 0.573 e. The zero-order valence-electron chi connectivity index (χ0n) is 10.6. The SMILES string of the molecule is Nc1nc(-c2ccccc2OC(F)(F)F)nc2c1CSC2. The first-order valence-electron chi connectivity index (χ1n) is 6.02. The minimum Gasteiger partial charge on any atom is -0.405 e. The quantitative estimate of drug-likeness (QED) is 0.921. The smallest absolute Gasteiger partial charge is 0.405 e. The van der Waals surface area contributed by atoms with Crippen molar-refractivity contribution < 1.29 is 17.9 Å². The van der Waals surface area contributed by atoms with E-state index in [-0.39, 0.29) is 17.1 Å². The van der Waals surface area contributed by atoms with Gasteiger partial charge in [-0.1, -0.05) is 12.1 Å². The molecular formula is C13H10F3N3OS. The topological polar surface area (TPSA) is 61.0 Å². The Bertz CT molecular complexity index is 691. The lowest BCUT2D eigenvalue weighted by Gasteiger charge is -2.13. The van der Waals surface area contributed by atoms with Gasteiger partial charge in [-0.2, -0.15) is 11.8 Å². The molecule has 0 atom stereocenters. The van der Waals surface area contributed by atoms with Gasteiger partial charge < -0.3 is 10.5 Å². The van der Waals surface area contributed by atoms with Crippen LogP contribution in [-0.4, -0.2) is 16.3 Å². The lowest BCUT2D eigenvalue weighted by atomic mass is 10.1. The van der Waals surface area contributed by atoms with Crippen LogP contribution in [0.1, 0.15) is 11.3 Å². The van der Waals surface area contributed by atoms with Crippen molar-refractivity contribution in [3.05, 3.63) is 35.5 Å². The summed E-state index contributed by atoms with van der Waals surface area (Å²) in [5, 5.41) is 0. The van der Waals surface area contributed by atoms with E-state index in [9.17, 15) is 13.2 Å². The number of ether oxygens (including phenoxy) is 1. The van der Waals surface area contributed by atoms with Gasteiger partial charge in [0.2, 0.25) is 0 Å². The van der Waals surface area contributed by atoms with Gasteiger partial charge in [-0.25, -0.2) is 9.97 Å². The van der Waals surface area contributed by atoms with Gasteiger partial charge in [-0.05, 0) is 12.1 Å². The van der Waals surface area contributed by atoms with E-state index >= 15 is 0 Å². The Morgan fingerprint density at radius 2 is 1.90 bits per heavy atom. The number of nitrogens with two attached hydrogens (primary N) is 1. The average Bonchev–Trinajstić information content (AvgIpc) is 2.86. The first-order chi connectivity index (χ1) is 9.94. The molecule has 1 aromatic carbocycles. The van der Waals surface area contributed by atoms with Crippen molar-refractivity contribution in [2.24, 2.45) is 0 Å². The molecule has 1 aromatic heterocycles. The highest BCUT2D eigenvalue weighted by Gasteiger charge is 2.32. The molecule has 0 amide bonds. The number of nitrogens with zero attached hydrogens (tertiary/aromatic N) is 2. The first-order valence-corrected chi connectivity index (χ1v) is 7.17. The molecule has 110 valence electrons. The second kappa shape index (κ2) is 5.10. The van der Waals surface area contributed by atoms with Crippen LogP contribution < -0.4 is 10.5 Å². The number of anilines is 1. The van der Waals surface area contributed by atoms with Crippen LogP contribution in [0.15, 0.2) is 24.3 Å². The van der Waals surface area contributed by atoms with Crippen LogP contribution in [0.25, 0.3) is 11.4 Å². The maximum atomic E-state index is 12.4. The second-order valence-corrected chi connectivity index (χ2v) is 5.38. The summed E-state index contributed by atoms with van der Waals surface area (Å²) in [4.78, 5) is 8.43. The third kappa shape index (κ3) is 2.90. The fourth-order valence-electron chi connectivity index (χ4n) is 2.06. The number of fused-ring (bicyclic) bond motifs is 1. The number of hydrogen-bond acceptors (Lipinski definition) is 5. The molecule has 0 spiro atoms. The van der Waals surface area contributed by atoms with E-state index in [1.807, 2.05) is 0 Å². The van der Waals surface area contributed by atoms with Gasteiger partial charge in [0.15, 0.2) is 5.82 Å². The highest BCUT2D eigenvalue weighted by atomic mass is 32.2. The molecule has 0 radical (unpaired) electrons. The van der Waals surface area contributed by atoms with Crippen molar-refractivity contribution in [2.75, 3.05) is 5.73 Å². The number of halogens is 3. The van der Waals surface area contributed by atoms with Gasteiger partial charge in [0.25, 0.3) is 0 Å². The number of para-hydroxylation sites is 1. The van der Waals surface area contributed by atoms with E-state index in [1.165, 1.54) is 18.2 Å². The van der Waals surface area contributed by atoms with E-state index < -0.39 is 6.36 Å². The number of rotatable bonds is 2. The average molecular weight is 313 g/mol. The fourth-order valence-corrected chi connectivity index (χ4v) is 3.11. The third-order valence-corrected chi connectivity index (χ3v) is 3.93. The Kier molecular flexibility index (Phi) is 3.40. The van der Waals surface area contributed by atoms with Crippen molar-refractivity contribution in [1.82, 2.24) is 9.97 Å². The normalized spacial score (nSPS) is 14.0. The molecule has 2 aromatic rings. The van der Waals surface area contributed by atoms with Crippen molar-refractivity contribution in [3.63, 3.8) is 0 Å². The molecule has 0 fully saturated rings. The molecular weight excluding hydrogens is 303 g/mol. The summed E-state index contributed by atoms with van der Waals surface area (Å²) >= 11 is 1.64. The van der Waals surface area contributed by atoms with Crippen LogP contribution in [0.2, 0.25) is 0 Å². The first kappa shape index (κ1) is 14.0. The van der Waals surface area contributed by atoms with Crippen LogP contribution in [0.5, 0.6) is 5.75 Å². The predicted octanol–water partition coefficient (Wildman–Crippen LogP) is 3.37. The second-order valence-electron chi connectivity index (χ2n) is 4.39. The summed E-state index contributed by atoms with van der Waals surface area (Å²) in [6.07, 6.45) is -4.77. The molecule has 21 heavy (non-hydrogen) atoms. The van der Waals surface area contributed by atoms with E-state index in [0.717, 1.165) is 17.0 Å². The molecule has 0 aliphatic carbocycles. The minimum atomic E-state index is -4.77. The van der Waals surface area contributed by atoms with Gasteiger partial charge in [0.1, 0.15) is 11.6 Å². The minimum absolute atomic E-state index is 0.147. The fraction of sp³-hybridized carbons (Fsp3) is 0.231. The van der Waals surface area contributed by atoms with Crippen LogP contribution in [0, 0.1) is 0 Å². The molecule has 3 rings (SSSR count). The van der Waals surface area contributed by atoms with Gasteiger partial charge in [-0.15, -0.1) is 13.2 Å². The number of benzene rings is 1. The Labute approximate surface area is 122 Å². The van der Waals surface area contributed by atoms with E-state index in [4.69, 9.17) is 5.73 Å². The maximum absolute atomic E-state index is 12.4. The van der Waals surface area contributed by atoms with Crippen molar-refractivity contribution in [1.29, 1.82) is 0 Å². The van der Waals surface area contributed by atoms with Crippen molar-refractivity contribution in [2.45, 2.75) is 17.9 Å². The lowest BCUT2D eigenvalue weighted by Crippen LogP contribution is -2.17. The molecule has 1 aliphatic rings. The van der Waals surface area contributed by atoms with Gasteiger partial charge in [0, 0.05) is 17.1 Å². The Balaban J connectivity index is 2.07. The van der Waals surface area contributed by atoms with Crippen LogP contribution in [0.4, 0.5) is 19.0 Å².